The molecule has 1 saturated heterocycles. The van der Waals surface area contributed by atoms with Crippen molar-refractivity contribution in [1.29, 1.82) is 0 Å². The van der Waals surface area contributed by atoms with Gasteiger partial charge in [-0.3, -0.25) is 4.90 Å². The monoisotopic (exact) mass is 276 g/mol. The lowest BCUT2D eigenvalue weighted by Gasteiger charge is -2.26. The third-order valence-corrected chi connectivity index (χ3v) is 3.45. The molecule has 0 atom stereocenters. The Morgan fingerprint density at radius 3 is 3.00 bits per heavy atom. The Labute approximate surface area is 118 Å². The molecule has 7 heteroatoms. The van der Waals surface area contributed by atoms with E-state index in [1.807, 2.05) is 23.8 Å². The Hall–Kier alpha value is -1.86. The van der Waals surface area contributed by atoms with Gasteiger partial charge in [0.15, 0.2) is 11.5 Å². The highest BCUT2D eigenvalue weighted by atomic mass is 16.5. The third-order valence-electron chi connectivity index (χ3n) is 3.45. The molecule has 0 unspecified atom stereocenters. The van der Waals surface area contributed by atoms with E-state index in [4.69, 9.17) is 4.74 Å². The Morgan fingerprint density at radius 1 is 1.35 bits per heavy atom. The maximum atomic E-state index is 5.35. The normalized spacial score (nSPS) is 16.4. The van der Waals surface area contributed by atoms with Crippen molar-refractivity contribution in [3.8, 4) is 0 Å². The summed E-state index contributed by atoms with van der Waals surface area (Å²) in [5, 5.41) is 6.44. The number of aromatic nitrogens is 3. The number of nitrogens with zero attached hydrogens (tertiary/aromatic N) is 4. The summed E-state index contributed by atoms with van der Waals surface area (Å²) in [6.07, 6.45) is 5.63. The van der Waals surface area contributed by atoms with Crippen molar-refractivity contribution in [3.63, 3.8) is 0 Å². The highest BCUT2D eigenvalue weighted by molar-refractivity contribution is 5.65. The average Bonchev–Trinajstić information content (AvgIpc) is 2.96. The largest absolute Gasteiger partial charge is 0.379 e. The molecule has 0 saturated carbocycles. The van der Waals surface area contributed by atoms with Crippen molar-refractivity contribution in [3.05, 3.63) is 18.6 Å². The minimum atomic E-state index is 0.815. The standard InChI is InChI=1S/C13H20N6O/c1-14-11-10-19-5-3-16-13(19)12(17-11)15-2-4-18-6-8-20-9-7-18/h3,5,10,14H,2,4,6-9H2,1H3,(H,15,17). The fraction of sp³-hybridized carbons (Fsp3) is 0.538. The second kappa shape index (κ2) is 6.06. The number of fused-ring (bicyclic) bond motifs is 1. The van der Waals surface area contributed by atoms with Gasteiger partial charge in [0.25, 0.3) is 0 Å². The molecule has 1 aliphatic heterocycles. The molecule has 1 aliphatic rings. The van der Waals surface area contributed by atoms with E-state index < -0.39 is 0 Å². The van der Waals surface area contributed by atoms with Gasteiger partial charge in [-0.1, -0.05) is 0 Å². The summed E-state index contributed by atoms with van der Waals surface area (Å²) in [5.74, 6) is 1.64. The van der Waals surface area contributed by atoms with Gasteiger partial charge in [-0.15, -0.1) is 0 Å². The smallest absolute Gasteiger partial charge is 0.180 e. The van der Waals surface area contributed by atoms with Gasteiger partial charge in [-0.2, -0.15) is 0 Å². The summed E-state index contributed by atoms with van der Waals surface area (Å²) < 4.78 is 7.31. The lowest BCUT2D eigenvalue weighted by Crippen LogP contribution is -2.39. The molecule has 0 bridgehead atoms. The predicted octanol–water partition coefficient (Wildman–Crippen LogP) is 0.515. The Morgan fingerprint density at radius 2 is 2.20 bits per heavy atom. The summed E-state index contributed by atoms with van der Waals surface area (Å²) in [6.45, 7) is 5.51. The molecule has 2 aromatic heterocycles. The predicted molar refractivity (Wildman–Crippen MR) is 78.3 cm³/mol. The Balaban J connectivity index is 1.65. The molecule has 0 amide bonds. The van der Waals surface area contributed by atoms with Gasteiger partial charge in [0, 0.05) is 45.6 Å². The van der Waals surface area contributed by atoms with Crippen LogP contribution in [0.3, 0.4) is 0 Å². The molecule has 0 aromatic carbocycles. The second-order valence-corrected chi connectivity index (χ2v) is 4.76. The van der Waals surface area contributed by atoms with Crippen LogP contribution in [0.2, 0.25) is 0 Å². The summed E-state index contributed by atoms with van der Waals surface area (Å²) in [4.78, 5) is 11.3. The van der Waals surface area contributed by atoms with E-state index >= 15 is 0 Å². The van der Waals surface area contributed by atoms with Gasteiger partial charge in [-0.25, -0.2) is 9.97 Å². The summed E-state index contributed by atoms with van der Waals surface area (Å²) >= 11 is 0. The van der Waals surface area contributed by atoms with Crippen LogP contribution in [0.25, 0.3) is 5.65 Å². The maximum Gasteiger partial charge on any atom is 0.180 e. The molecular formula is C13H20N6O. The number of morpholine rings is 1. The van der Waals surface area contributed by atoms with E-state index in [9.17, 15) is 0 Å². The quantitative estimate of drug-likeness (QED) is 0.830. The molecule has 3 rings (SSSR count). The molecule has 20 heavy (non-hydrogen) atoms. The molecule has 3 heterocycles. The van der Waals surface area contributed by atoms with Crippen LogP contribution < -0.4 is 10.6 Å². The molecule has 2 N–H and O–H groups in total. The van der Waals surface area contributed by atoms with E-state index in [-0.39, 0.29) is 0 Å². The lowest BCUT2D eigenvalue weighted by molar-refractivity contribution is 0.0398. The third kappa shape index (κ3) is 2.83. The molecule has 7 nitrogen and oxygen atoms in total. The minimum absolute atomic E-state index is 0.815. The zero-order chi connectivity index (χ0) is 13.8. The molecule has 0 aliphatic carbocycles. The Bertz CT molecular complexity index is 563. The first-order valence-electron chi connectivity index (χ1n) is 6.92. The maximum absolute atomic E-state index is 5.35. The number of nitrogens with one attached hydrogen (secondary N) is 2. The van der Waals surface area contributed by atoms with Crippen molar-refractivity contribution in [1.82, 2.24) is 19.3 Å². The summed E-state index contributed by atoms with van der Waals surface area (Å²) in [6, 6.07) is 0. The molecular weight excluding hydrogens is 256 g/mol. The van der Waals surface area contributed by atoms with Crippen molar-refractivity contribution in [2.45, 2.75) is 0 Å². The summed E-state index contributed by atoms with van der Waals surface area (Å²) in [7, 11) is 1.86. The number of ether oxygens (including phenoxy) is 1. The van der Waals surface area contributed by atoms with Crippen molar-refractivity contribution in [2.24, 2.45) is 0 Å². The number of rotatable bonds is 5. The molecule has 1 fully saturated rings. The van der Waals surface area contributed by atoms with Crippen LogP contribution in [0, 0.1) is 0 Å². The van der Waals surface area contributed by atoms with Crippen LogP contribution >= 0.6 is 0 Å². The fourth-order valence-corrected chi connectivity index (χ4v) is 2.33. The molecule has 0 radical (unpaired) electrons. The Kier molecular flexibility index (Phi) is 3.98. The first kappa shape index (κ1) is 13.1. The van der Waals surface area contributed by atoms with E-state index in [0.717, 1.165) is 56.7 Å². The topological polar surface area (TPSA) is 66.7 Å². The summed E-state index contributed by atoms with van der Waals surface area (Å²) in [5.41, 5.74) is 0.853. The van der Waals surface area contributed by atoms with E-state index in [0.29, 0.717) is 0 Å². The first-order valence-corrected chi connectivity index (χ1v) is 6.92. The SMILES string of the molecule is CNc1cn2ccnc2c(NCCN2CCOCC2)n1. The number of hydrogen-bond acceptors (Lipinski definition) is 6. The highest BCUT2D eigenvalue weighted by Gasteiger charge is 2.11. The van der Waals surface area contributed by atoms with Crippen LogP contribution in [0.15, 0.2) is 18.6 Å². The number of anilines is 2. The van der Waals surface area contributed by atoms with Crippen LogP contribution in [0.5, 0.6) is 0 Å². The van der Waals surface area contributed by atoms with Gasteiger partial charge in [0.2, 0.25) is 0 Å². The van der Waals surface area contributed by atoms with Gasteiger partial charge in [0.1, 0.15) is 5.82 Å². The van der Waals surface area contributed by atoms with Gasteiger partial charge >= 0.3 is 0 Å². The van der Waals surface area contributed by atoms with Crippen LogP contribution in [0.1, 0.15) is 0 Å². The van der Waals surface area contributed by atoms with Crippen LogP contribution in [-0.2, 0) is 4.74 Å². The van der Waals surface area contributed by atoms with Crippen LogP contribution in [-0.4, -0.2) is 65.7 Å². The van der Waals surface area contributed by atoms with E-state index in [2.05, 4.69) is 25.5 Å². The average molecular weight is 276 g/mol. The highest BCUT2D eigenvalue weighted by Crippen LogP contribution is 2.15. The molecule has 108 valence electrons. The lowest BCUT2D eigenvalue weighted by atomic mass is 10.4. The van der Waals surface area contributed by atoms with Crippen molar-refractivity contribution in [2.75, 3.05) is 57.1 Å². The van der Waals surface area contributed by atoms with E-state index in [1.165, 1.54) is 0 Å². The number of imidazole rings is 1. The fourth-order valence-electron chi connectivity index (χ4n) is 2.33. The van der Waals surface area contributed by atoms with Gasteiger partial charge in [0.05, 0.1) is 19.4 Å². The second-order valence-electron chi connectivity index (χ2n) is 4.76. The van der Waals surface area contributed by atoms with Crippen LogP contribution in [0.4, 0.5) is 11.6 Å². The van der Waals surface area contributed by atoms with E-state index in [1.54, 1.807) is 6.20 Å². The van der Waals surface area contributed by atoms with Gasteiger partial charge < -0.3 is 19.8 Å². The minimum Gasteiger partial charge on any atom is -0.379 e. The zero-order valence-corrected chi connectivity index (χ0v) is 11.7. The molecule has 2 aromatic rings. The first-order chi connectivity index (χ1) is 9.86. The zero-order valence-electron chi connectivity index (χ0n) is 11.7. The molecule has 0 spiro atoms. The van der Waals surface area contributed by atoms with Crippen molar-refractivity contribution >= 4 is 17.3 Å². The number of hydrogen-bond donors (Lipinski definition) is 2. The van der Waals surface area contributed by atoms with Gasteiger partial charge in [-0.05, 0) is 0 Å². The van der Waals surface area contributed by atoms with Crippen molar-refractivity contribution < 1.29 is 4.74 Å².